The van der Waals surface area contributed by atoms with E-state index in [0.29, 0.717) is 11.2 Å². The lowest BCUT2D eigenvalue weighted by molar-refractivity contribution is -0.119. The summed E-state index contributed by atoms with van der Waals surface area (Å²) in [5.41, 5.74) is 1.59. The number of aryl methyl sites for hydroxylation is 1. The molecule has 1 aliphatic carbocycles. The highest BCUT2D eigenvalue weighted by Gasteiger charge is 2.34. The highest BCUT2D eigenvalue weighted by atomic mass is 35.5. The number of hydrogen-bond acceptors (Lipinski definition) is 3. The van der Waals surface area contributed by atoms with E-state index in [2.05, 4.69) is 15.6 Å². The van der Waals surface area contributed by atoms with Gasteiger partial charge in [-0.2, -0.15) is 0 Å². The van der Waals surface area contributed by atoms with Crippen LogP contribution in [0.1, 0.15) is 44.1 Å². The number of carbonyl (C=O) groups excluding carboxylic acids is 1. The number of pyridine rings is 1. The lowest BCUT2D eigenvalue weighted by Crippen LogP contribution is -2.53. The molecule has 2 aliphatic rings. The Hall–Kier alpha value is -1.13. The lowest BCUT2D eigenvalue weighted by atomic mass is 9.77. The summed E-state index contributed by atoms with van der Waals surface area (Å²) >= 11 is 5.91. The second kappa shape index (κ2) is 6.32. The maximum atomic E-state index is 12.4. The first-order valence-electron chi connectivity index (χ1n) is 7.82. The van der Waals surface area contributed by atoms with Gasteiger partial charge in [0.15, 0.2) is 0 Å². The van der Waals surface area contributed by atoms with E-state index in [1.165, 1.54) is 25.7 Å². The van der Waals surface area contributed by atoms with E-state index >= 15 is 0 Å². The van der Waals surface area contributed by atoms with E-state index in [0.717, 1.165) is 30.0 Å². The molecule has 0 aromatic carbocycles. The summed E-state index contributed by atoms with van der Waals surface area (Å²) in [6, 6.07) is 2.30. The van der Waals surface area contributed by atoms with Gasteiger partial charge in [0, 0.05) is 6.04 Å². The average Bonchev–Trinajstić information content (AvgIpc) is 2.50. The van der Waals surface area contributed by atoms with Gasteiger partial charge in [-0.1, -0.05) is 24.4 Å². The largest absolute Gasteiger partial charge is 0.323 e. The van der Waals surface area contributed by atoms with Crippen LogP contribution in [-0.4, -0.2) is 23.0 Å². The predicted octanol–water partition coefficient (Wildman–Crippen LogP) is 3.29. The van der Waals surface area contributed by atoms with Crippen molar-refractivity contribution < 1.29 is 4.79 Å². The van der Waals surface area contributed by atoms with Gasteiger partial charge >= 0.3 is 0 Å². The van der Waals surface area contributed by atoms with Crippen LogP contribution in [0.3, 0.4) is 0 Å². The summed E-state index contributed by atoms with van der Waals surface area (Å²) < 4.78 is 0. The zero-order valence-corrected chi connectivity index (χ0v) is 13.1. The third-order valence-electron chi connectivity index (χ3n) is 4.75. The van der Waals surface area contributed by atoms with Gasteiger partial charge < -0.3 is 10.6 Å². The van der Waals surface area contributed by atoms with Crippen LogP contribution in [0.2, 0.25) is 5.15 Å². The Morgan fingerprint density at radius 2 is 2.14 bits per heavy atom. The van der Waals surface area contributed by atoms with Crippen molar-refractivity contribution in [3.8, 4) is 0 Å². The molecule has 114 valence electrons. The Balaban J connectivity index is 1.61. The van der Waals surface area contributed by atoms with Crippen molar-refractivity contribution in [3.63, 3.8) is 0 Å². The van der Waals surface area contributed by atoms with Crippen LogP contribution in [0.5, 0.6) is 0 Å². The van der Waals surface area contributed by atoms with Crippen LogP contribution < -0.4 is 10.6 Å². The number of nitrogens with one attached hydrogen (secondary N) is 2. The monoisotopic (exact) mass is 307 g/mol. The molecule has 0 radical (unpaired) electrons. The minimum Gasteiger partial charge on any atom is -0.323 e. The highest BCUT2D eigenvalue weighted by Crippen LogP contribution is 2.32. The fourth-order valence-corrected chi connectivity index (χ4v) is 3.66. The predicted molar refractivity (Wildman–Crippen MR) is 84.5 cm³/mol. The van der Waals surface area contributed by atoms with Crippen LogP contribution in [-0.2, 0) is 4.79 Å². The van der Waals surface area contributed by atoms with E-state index in [9.17, 15) is 4.79 Å². The molecule has 21 heavy (non-hydrogen) atoms. The Morgan fingerprint density at radius 1 is 1.33 bits per heavy atom. The average molecular weight is 308 g/mol. The molecule has 1 aromatic heterocycles. The Morgan fingerprint density at radius 3 is 2.95 bits per heavy atom. The molecule has 0 bridgehead atoms. The Labute approximate surface area is 130 Å². The normalized spacial score (nSPS) is 28.8. The number of piperidine rings is 1. The van der Waals surface area contributed by atoms with E-state index in [-0.39, 0.29) is 11.9 Å². The number of aromatic nitrogens is 1. The van der Waals surface area contributed by atoms with E-state index in [1.54, 1.807) is 6.20 Å². The molecule has 1 aliphatic heterocycles. The van der Waals surface area contributed by atoms with Gasteiger partial charge in [-0.15, -0.1) is 0 Å². The first kappa shape index (κ1) is 14.8. The highest BCUT2D eigenvalue weighted by molar-refractivity contribution is 6.30. The second-order valence-electron chi connectivity index (χ2n) is 6.27. The summed E-state index contributed by atoms with van der Waals surface area (Å²) in [6.07, 6.45) is 8.83. The molecule has 3 atom stereocenters. The van der Waals surface area contributed by atoms with Gasteiger partial charge in [0.2, 0.25) is 5.91 Å². The standard InChI is InChI=1S/C16H22ClN3O/c1-10-8-12(9-18-15(10)17)19-16(21)14-7-6-11-4-2-3-5-13(11)20-14/h8-9,11,13-14,20H,2-7H2,1H3,(H,19,21). The molecule has 4 nitrogen and oxygen atoms in total. The SMILES string of the molecule is Cc1cc(NC(=O)C2CCC3CCCCC3N2)cnc1Cl. The molecule has 2 heterocycles. The minimum absolute atomic E-state index is 0.0440. The summed E-state index contributed by atoms with van der Waals surface area (Å²) in [5, 5.41) is 6.98. The van der Waals surface area contributed by atoms with Crippen molar-refractivity contribution in [1.29, 1.82) is 0 Å². The number of carbonyl (C=O) groups is 1. The smallest absolute Gasteiger partial charge is 0.241 e. The molecule has 3 unspecified atom stereocenters. The van der Waals surface area contributed by atoms with E-state index in [4.69, 9.17) is 11.6 Å². The minimum atomic E-state index is -0.0830. The summed E-state index contributed by atoms with van der Waals surface area (Å²) in [4.78, 5) is 16.5. The number of hydrogen-bond donors (Lipinski definition) is 2. The molecular weight excluding hydrogens is 286 g/mol. The van der Waals surface area contributed by atoms with Crippen molar-refractivity contribution in [1.82, 2.24) is 10.3 Å². The summed E-state index contributed by atoms with van der Waals surface area (Å²) in [5.74, 6) is 0.810. The number of rotatable bonds is 2. The zero-order chi connectivity index (χ0) is 14.8. The van der Waals surface area contributed by atoms with Gasteiger partial charge in [-0.05, 0) is 50.2 Å². The number of anilines is 1. The van der Waals surface area contributed by atoms with Gasteiger partial charge in [0.05, 0.1) is 17.9 Å². The number of amides is 1. The Kier molecular flexibility index (Phi) is 4.45. The van der Waals surface area contributed by atoms with Crippen molar-refractivity contribution >= 4 is 23.2 Å². The maximum absolute atomic E-state index is 12.4. The fraction of sp³-hybridized carbons (Fsp3) is 0.625. The summed E-state index contributed by atoms with van der Waals surface area (Å²) in [7, 11) is 0. The topological polar surface area (TPSA) is 54.0 Å². The van der Waals surface area contributed by atoms with Crippen LogP contribution in [0.15, 0.2) is 12.3 Å². The molecule has 1 amide bonds. The van der Waals surface area contributed by atoms with Crippen molar-refractivity contribution in [2.75, 3.05) is 5.32 Å². The third-order valence-corrected chi connectivity index (χ3v) is 5.14. The molecule has 1 saturated carbocycles. The fourth-order valence-electron chi connectivity index (χ4n) is 3.56. The Bertz CT molecular complexity index is 534. The van der Waals surface area contributed by atoms with E-state index < -0.39 is 0 Å². The first-order valence-corrected chi connectivity index (χ1v) is 8.20. The van der Waals surface area contributed by atoms with Crippen molar-refractivity contribution in [3.05, 3.63) is 23.0 Å². The molecular formula is C16H22ClN3O. The van der Waals surface area contributed by atoms with Crippen molar-refractivity contribution in [2.24, 2.45) is 5.92 Å². The van der Waals surface area contributed by atoms with Crippen LogP contribution in [0, 0.1) is 12.8 Å². The van der Waals surface area contributed by atoms with Crippen LogP contribution in [0.25, 0.3) is 0 Å². The van der Waals surface area contributed by atoms with Gasteiger partial charge in [0.25, 0.3) is 0 Å². The lowest BCUT2D eigenvalue weighted by Gasteiger charge is -2.39. The molecule has 0 spiro atoms. The molecule has 2 fully saturated rings. The number of halogens is 1. The second-order valence-corrected chi connectivity index (χ2v) is 6.63. The van der Waals surface area contributed by atoms with Crippen LogP contribution in [0.4, 0.5) is 5.69 Å². The van der Waals surface area contributed by atoms with Gasteiger partial charge in [-0.3, -0.25) is 4.79 Å². The molecule has 1 saturated heterocycles. The zero-order valence-electron chi connectivity index (χ0n) is 12.4. The van der Waals surface area contributed by atoms with Crippen LogP contribution >= 0.6 is 11.6 Å². The molecule has 5 heteroatoms. The van der Waals surface area contributed by atoms with Gasteiger partial charge in [0.1, 0.15) is 5.15 Å². The first-order chi connectivity index (χ1) is 10.1. The number of fused-ring (bicyclic) bond motifs is 1. The number of nitrogens with zero attached hydrogens (tertiary/aromatic N) is 1. The maximum Gasteiger partial charge on any atom is 0.241 e. The van der Waals surface area contributed by atoms with Crippen molar-refractivity contribution in [2.45, 2.75) is 57.5 Å². The molecule has 3 rings (SSSR count). The quantitative estimate of drug-likeness (QED) is 0.824. The van der Waals surface area contributed by atoms with Gasteiger partial charge in [-0.25, -0.2) is 4.98 Å². The molecule has 2 N–H and O–H groups in total. The summed E-state index contributed by atoms with van der Waals surface area (Å²) in [6.45, 7) is 1.89. The molecule has 1 aromatic rings. The third kappa shape index (κ3) is 3.38. The van der Waals surface area contributed by atoms with E-state index in [1.807, 2.05) is 13.0 Å².